The number of urea groups is 1. The maximum Gasteiger partial charge on any atom is 0.321 e. The van der Waals surface area contributed by atoms with Crippen LogP contribution < -0.4 is 10.6 Å². The van der Waals surface area contributed by atoms with Crippen molar-refractivity contribution in [1.82, 2.24) is 4.90 Å². The van der Waals surface area contributed by atoms with Crippen molar-refractivity contribution in [2.45, 2.75) is 18.4 Å². The van der Waals surface area contributed by atoms with Crippen LogP contribution in [0.15, 0.2) is 71.2 Å². The SMILES string of the molecule is O=C(Nc1cccc(NC(=O)N2CCC(O)(c3ccc(Br)cc3)CC2)c1)c1ccc(F)cc1F. The molecular formula is C25H22BrF2N3O3. The number of carbonyl (C=O) groups excluding carboxylic acids is 2. The van der Waals surface area contributed by atoms with Crippen molar-refractivity contribution < 1.29 is 23.5 Å². The fraction of sp³-hybridized carbons (Fsp3) is 0.200. The fourth-order valence-corrected chi connectivity index (χ4v) is 4.14. The number of benzene rings is 3. The van der Waals surface area contributed by atoms with Crippen molar-refractivity contribution in [2.75, 3.05) is 23.7 Å². The molecule has 3 aromatic rings. The number of nitrogens with one attached hydrogen (secondary N) is 2. The monoisotopic (exact) mass is 529 g/mol. The second kappa shape index (κ2) is 9.90. The lowest BCUT2D eigenvalue weighted by Gasteiger charge is -2.38. The molecule has 9 heteroatoms. The van der Waals surface area contributed by atoms with E-state index in [4.69, 9.17) is 0 Å². The van der Waals surface area contributed by atoms with E-state index >= 15 is 0 Å². The maximum atomic E-state index is 13.9. The van der Waals surface area contributed by atoms with Gasteiger partial charge in [0.25, 0.3) is 5.91 Å². The van der Waals surface area contributed by atoms with Crippen LogP contribution in [0.1, 0.15) is 28.8 Å². The first-order valence-electron chi connectivity index (χ1n) is 10.6. The lowest BCUT2D eigenvalue weighted by molar-refractivity contribution is -0.0157. The standard InChI is InChI=1S/C25H22BrF2N3O3/c26-17-6-4-16(5-7-17)25(34)10-12-31(13-11-25)24(33)30-20-3-1-2-19(15-20)29-23(32)21-9-8-18(27)14-22(21)28/h1-9,14-15,34H,10-13H2,(H,29,32)(H,30,33). The summed E-state index contributed by atoms with van der Waals surface area (Å²) in [6.07, 6.45) is 0.808. The summed E-state index contributed by atoms with van der Waals surface area (Å²) in [5, 5.41) is 16.3. The van der Waals surface area contributed by atoms with Crippen LogP contribution in [0.25, 0.3) is 0 Å². The summed E-state index contributed by atoms with van der Waals surface area (Å²) >= 11 is 3.39. The summed E-state index contributed by atoms with van der Waals surface area (Å²) in [6, 6.07) is 16.3. The molecule has 1 heterocycles. The van der Waals surface area contributed by atoms with E-state index in [-0.39, 0.29) is 11.6 Å². The van der Waals surface area contributed by atoms with Crippen LogP contribution >= 0.6 is 15.9 Å². The van der Waals surface area contributed by atoms with Gasteiger partial charge in [-0.3, -0.25) is 4.79 Å². The summed E-state index contributed by atoms with van der Waals surface area (Å²) in [7, 11) is 0. The zero-order chi connectivity index (χ0) is 24.3. The van der Waals surface area contributed by atoms with Gasteiger partial charge in [0.05, 0.1) is 11.2 Å². The quantitative estimate of drug-likeness (QED) is 0.417. The number of aliphatic hydroxyl groups is 1. The maximum absolute atomic E-state index is 13.9. The molecule has 1 fully saturated rings. The number of hydrogen-bond acceptors (Lipinski definition) is 3. The zero-order valence-corrected chi connectivity index (χ0v) is 19.6. The van der Waals surface area contributed by atoms with E-state index in [9.17, 15) is 23.5 Å². The number of nitrogens with zero attached hydrogens (tertiary/aromatic N) is 1. The van der Waals surface area contributed by atoms with Gasteiger partial charge < -0.3 is 20.6 Å². The average Bonchev–Trinajstić information content (AvgIpc) is 2.80. The van der Waals surface area contributed by atoms with Gasteiger partial charge in [-0.2, -0.15) is 0 Å². The Morgan fingerprint density at radius 3 is 2.21 bits per heavy atom. The van der Waals surface area contributed by atoms with Crippen molar-refractivity contribution in [3.8, 4) is 0 Å². The lowest BCUT2D eigenvalue weighted by Crippen LogP contribution is -2.46. The van der Waals surface area contributed by atoms with E-state index in [1.54, 1.807) is 29.2 Å². The predicted octanol–water partition coefficient (Wildman–Crippen LogP) is 5.50. The van der Waals surface area contributed by atoms with Gasteiger partial charge in [-0.1, -0.05) is 34.1 Å². The molecule has 4 rings (SSSR count). The lowest BCUT2D eigenvalue weighted by atomic mass is 9.84. The molecule has 3 amide bonds. The van der Waals surface area contributed by atoms with E-state index < -0.39 is 23.1 Å². The van der Waals surface area contributed by atoms with Gasteiger partial charge in [0.1, 0.15) is 11.6 Å². The van der Waals surface area contributed by atoms with Gasteiger partial charge in [0, 0.05) is 35.0 Å². The molecule has 1 aliphatic rings. The number of piperidine rings is 1. The van der Waals surface area contributed by atoms with Crippen LogP contribution in [-0.4, -0.2) is 35.0 Å². The van der Waals surface area contributed by atoms with Gasteiger partial charge in [-0.25, -0.2) is 13.6 Å². The van der Waals surface area contributed by atoms with Crippen LogP contribution in [0, 0.1) is 11.6 Å². The van der Waals surface area contributed by atoms with E-state index in [2.05, 4.69) is 26.6 Å². The van der Waals surface area contributed by atoms with Gasteiger partial charge in [0.15, 0.2) is 0 Å². The molecule has 1 aliphatic heterocycles. The highest BCUT2D eigenvalue weighted by atomic mass is 79.9. The molecule has 0 atom stereocenters. The van der Waals surface area contributed by atoms with Gasteiger partial charge in [-0.05, 0) is 60.9 Å². The number of carbonyl (C=O) groups is 2. The molecule has 0 aromatic heterocycles. The Bertz CT molecular complexity index is 1210. The van der Waals surface area contributed by atoms with Crippen molar-refractivity contribution >= 4 is 39.2 Å². The largest absolute Gasteiger partial charge is 0.385 e. The normalized spacial score (nSPS) is 15.0. The minimum Gasteiger partial charge on any atom is -0.385 e. The highest BCUT2D eigenvalue weighted by Gasteiger charge is 2.35. The Hall–Kier alpha value is -3.30. The van der Waals surface area contributed by atoms with E-state index in [0.717, 1.165) is 22.2 Å². The van der Waals surface area contributed by atoms with Crippen molar-refractivity contribution in [2.24, 2.45) is 0 Å². The molecule has 1 saturated heterocycles. The molecule has 0 radical (unpaired) electrons. The van der Waals surface area contributed by atoms with Gasteiger partial charge in [0.2, 0.25) is 0 Å². The highest BCUT2D eigenvalue weighted by molar-refractivity contribution is 9.10. The Balaban J connectivity index is 1.36. The minimum absolute atomic E-state index is 0.289. The van der Waals surface area contributed by atoms with E-state index in [1.807, 2.05) is 24.3 Å². The molecule has 0 aliphatic carbocycles. The number of anilines is 2. The van der Waals surface area contributed by atoms with Crippen molar-refractivity contribution in [3.63, 3.8) is 0 Å². The highest BCUT2D eigenvalue weighted by Crippen LogP contribution is 2.33. The third kappa shape index (κ3) is 5.43. The van der Waals surface area contributed by atoms with Crippen LogP contribution in [-0.2, 0) is 5.60 Å². The molecule has 0 saturated carbocycles. The number of hydrogen-bond donors (Lipinski definition) is 3. The molecule has 176 valence electrons. The number of amides is 3. The van der Waals surface area contributed by atoms with Crippen LogP contribution in [0.5, 0.6) is 0 Å². The summed E-state index contributed by atoms with van der Waals surface area (Å²) < 4.78 is 27.9. The van der Waals surface area contributed by atoms with Gasteiger partial charge >= 0.3 is 6.03 Å². The number of likely N-dealkylation sites (tertiary alicyclic amines) is 1. The Labute approximate surface area is 203 Å². The summed E-state index contributed by atoms with van der Waals surface area (Å²) in [6.45, 7) is 0.747. The minimum atomic E-state index is -0.989. The van der Waals surface area contributed by atoms with E-state index in [0.29, 0.717) is 43.4 Å². The molecule has 3 N–H and O–H groups in total. The molecular weight excluding hydrogens is 508 g/mol. The molecule has 3 aromatic carbocycles. The zero-order valence-electron chi connectivity index (χ0n) is 18.0. The molecule has 0 spiro atoms. The third-order valence-electron chi connectivity index (χ3n) is 5.81. The van der Waals surface area contributed by atoms with Crippen molar-refractivity contribution in [3.05, 3.63) is 94.0 Å². The molecule has 0 bridgehead atoms. The Kier molecular flexibility index (Phi) is 6.95. The second-order valence-corrected chi connectivity index (χ2v) is 9.03. The Morgan fingerprint density at radius 1 is 0.912 bits per heavy atom. The third-order valence-corrected chi connectivity index (χ3v) is 6.34. The van der Waals surface area contributed by atoms with Gasteiger partial charge in [-0.15, -0.1) is 0 Å². The average molecular weight is 530 g/mol. The summed E-state index contributed by atoms with van der Waals surface area (Å²) in [4.78, 5) is 26.7. The first kappa shape index (κ1) is 23.8. The first-order chi connectivity index (χ1) is 16.2. The van der Waals surface area contributed by atoms with Crippen LogP contribution in [0.3, 0.4) is 0 Å². The predicted molar refractivity (Wildman–Crippen MR) is 129 cm³/mol. The molecule has 34 heavy (non-hydrogen) atoms. The first-order valence-corrected chi connectivity index (χ1v) is 11.4. The number of rotatable bonds is 4. The smallest absolute Gasteiger partial charge is 0.321 e. The van der Waals surface area contributed by atoms with Crippen LogP contribution in [0.2, 0.25) is 0 Å². The van der Waals surface area contributed by atoms with E-state index in [1.165, 1.54) is 0 Å². The van der Waals surface area contributed by atoms with Crippen LogP contribution in [0.4, 0.5) is 25.0 Å². The van der Waals surface area contributed by atoms with Crippen molar-refractivity contribution in [1.29, 1.82) is 0 Å². The number of halogens is 3. The summed E-state index contributed by atoms with van der Waals surface area (Å²) in [5.74, 6) is -2.47. The molecule has 0 unspecified atom stereocenters. The summed E-state index contributed by atoms with van der Waals surface area (Å²) in [5.41, 5.74) is 0.322. The molecule has 6 nitrogen and oxygen atoms in total. The fourth-order valence-electron chi connectivity index (χ4n) is 3.88. The second-order valence-electron chi connectivity index (χ2n) is 8.11. The Morgan fingerprint density at radius 2 is 1.56 bits per heavy atom. The topological polar surface area (TPSA) is 81.7 Å².